The zero-order valence-electron chi connectivity index (χ0n) is 10.8. The van der Waals surface area contributed by atoms with Gasteiger partial charge in [0.05, 0.1) is 0 Å². The van der Waals surface area contributed by atoms with Crippen LogP contribution >= 0.6 is 0 Å². The Hall–Kier alpha value is -3.02. The van der Waals surface area contributed by atoms with Gasteiger partial charge in [-0.15, -0.1) is 0 Å². The summed E-state index contributed by atoms with van der Waals surface area (Å²) in [6.07, 6.45) is 0. The maximum atomic E-state index is 13.1. The van der Waals surface area contributed by atoms with Crippen LogP contribution in [-0.4, -0.2) is 16.2 Å². The molecule has 2 aromatic carbocycles. The molecule has 0 saturated heterocycles. The highest BCUT2D eigenvalue weighted by molar-refractivity contribution is 6.05. The number of carbonyl (C=O) groups is 1. The molecule has 1 N–H and O–H groups in total. The minimum atomic E-state index is -0.484. The van der Waals surface area contributed by atoms with E-state index >= 15 is 0 Å². The Morgan fingerprint density at radius 2 is 1.86 bits per heavy atom. The Labute approximate surface area is 119 Å². The molecule has 0 fully saturated rings. The van der Waals surface area contributed by atoms with Crippen LogP contribution in [0.25, 0.3) is 11.3 Å². The number of nitrogens with one attached hydrogen (secondary N) is 1. The van der Waals surface area contributed by atoms with Crippen LogP contribution in [0.15, 0.2) is 59.2 Å². The van der Waals surface area contributed by atoms with Crippen LogP contribution in [0.1, 0.15) is 10.4 Å². The first-order valence-corrected chi connectivity index (χ1v) is 6.19. The molecule has 0 aliphatic heterocycles. The third-order valence-corrected chi connectivity index (χ3v) is 2.85. The minimum absolute atomic E-state index is 0.190. The van der Waals surface area contributed by atoms with Gasteiger partial charge in [-0.3, -0.25) is 4.79 Å². The van der Waals surface area contributed by atoms with Gasteiger partial charge < -0.3 is 5.32 Å². The normalized spacial score (nSPS) is 10.3. The molecule has 1 aromatic heterocycles. The highest BCUT2D eigenvalue weighted by atomic mass is 19.1. The Kier molecular flexibility index (Phi) is 3.42. The molecular formula is C15H10FN3O2. The Bertz CT molecular complexity index is 771. The molecule has 0 radical (unpaired) electrons. The van der Waals surface area contributed by atoms with Crippen molar-refractivity contribution in [1.82, 2.24) is 10.3 Å². The lowest BCUT2D eigenvalue weighted by Crippen LogP contribution is -2.13. The number of halogens is 1. The maximum absolute atomic E-state index is 13.1. The lowest BCUT2D eigenvalue weighted by molar-refractivity contribution is 0.102. The summed E-state index contributed by atoms with van der Waals surface area (Å²) in [4.78, 5) is 12.1. The van der Waals surface area contributed by atoms with Gasteiger partial charge in [0.2, 0.25) is 5.82 Å². The summed E-state index contributed by atoms with van der Waals surface area (Å²) in [5, 5.41) is 10.0. The summed E-state index contributed by atoms with van der Waals surface area (Å²) in [6, 6.07) is 14.5. The summed E-state index contributed by atoms with van der Waals surface area (Å²) in [6.45, 7) is 0. The number of hydrogen-bond donors (Lipinski definition) is 1. The van der Waals surface area contributed by atoms with Crippen molar-refractivity contribution in [2.75, 3.05) is 5.32 Å². The van der Waals surface area contributed by atoms with Gasteiger partial charge in [-0.1, -0.05) is 36.4 Å². The summed E-state index contributed by atoms with van der Waals surface area (Å²) >= 11 is 0. The van der Waals surface area contributed by atoms with Crippen LogP contribution in [0.5, 0.6) is 0 Å². The van der Waals surface area contributed by atoms with E-state index in [1.807, 2.05) is 30.3 Å². The quantitative estimate of drug-likeness (QED) is 0.801. The lowest BCUT2D eigenvalue weighted by Gasteiger charge is -2.03. The molecule has 1 amide bonds. The fourth-order valence-electron chi connectivity index (χ4n) is 1.87. The molecule has 0 bridgehead atoms. The number of carbonyl (C=O) groups excluding carboxylic acids is 1. The fraction of sp³-hybridized carbons (Fsp3) is 0. The summed E-state index contributed by atoms with van der Waals surface area (Å²) in [5.74, 6) is -0.776. The van der Waals surface area contributed by atoms with Crippen LogP contribution in [0.3, 0.4) is 0 Å². The van der Waals surface area contributed by atoms with Crippen LogP contribution in [0.4, 0.5) is 10.2 Å². The van der Waals surface area contributed by atoms with Crippen LogP contribution < -0.4 is 5.32 Å². The molecule has 0 atom stereocenters. The monoisotopic (exact) mass is 283 g/mol. The van der Waals surface area contributed by atoms with Crippen LogP contribution in [0.2, 0.25) is 0 Å². The summed E-state index contributed by atoms with van der Waals surface area (Å²) < 4.78 is 17.8. The van der Waals surface area contributed by atoms with Gasteiger partial charge >= 0.3 is 0 Å². The Balaban J connectivity index is 1.87. The second-order valence-corrected chi connectivity index (χ2v) is 4.29. The number of rotatable bonds is 3. The number of amides is 1. The molecule has 3 aromatic rings. The van der Waals surface area contributed by atoms with Crippen molar-refractivity contribution in [1.29, 1.82) is 0 Å². The van der Waals surface area contributed by atoms with E-state index in [0.717, 1.165) is 11.6 Å². The topological polar surface area (TPSA) is 68.0 Å². The van der Waals surface area contributed by atoms with Gasteiger partial charge in [0, 0.05) is 11.1 Å². The van der Waals surface area contributed by atoms with Crippen LogP contribution in [0, 0.1) is 5.82 Å². The Morgan fingerprint density at radius 1 is 1.05 bits per heavy atom. The summed E-state index contributed by atoms with van der Waals surface area (Å²) in [5.41, 5.74) is 1.37. The number of benzene rings is 2. The van der Waals surface area contributed by atoms with E-state index in [1.165, 1.54) is 18.2 Å². The molecule has 21 heavy (non-hydrogen) atoms. The van der Waals surface area contributed by atoms with E-state index in [0.29, 0.717) is 5.69 Å². The smallest absolute Gasteiger partial charge is 0.257 e. The maximum Gasteiger partial charge on any atom is 0.257 e. The molecule has 0 saturated carbocycles. The lowest BCUT2D eigenvalue weighted by atomic mass is 10.1. The fourth-order valence-corrected chi connectivity index (χ4v) is 1.87. The second kappa shape index (κ2) is 5.54. The van der Waals surface area contributed by atoms with Crippen molar-refractivity contribution in [2.45, 2.75) is 0 Å². The number of aromatic nitrogens is 2. The van der Waals surface area contributed by atoms with Gasteiger partial charge in [0.1, 0.15) is 5.82 Å². The van der Waals surface area contributed by atoms with E-state index in [1.54, 1.807) is 0 Å². The third-order valence-electron chi connectivity index (χ3n) is 2.85. The number of nitrogens with zero attached hydrogens (tertiary/aromatic N) is 2. The van der Waals surface area contributed by atoms with Crippen molar-refractivity contribution in [3.8, 4) is 11.3 Å². The molecule has 0 spiro atoms. The zero-order chi connectivity index (χ0) is 14.7. The SMILES string of the molecule is O=C(Nc1nonc1-c1ccccc1)c1cccc(F)c1. The van der Waals surface area contributed by atoms with Gasteiger partial charge in [0.25, 0.3) is 5.91 Å². The largest absolute Gasteiger partial charge is 0.302 e. The van der Waals surface area contributed by atoms with E-state index in [2.05, 4.69) is 20.3 Å². The van der Waals surface area contributed by atoms with Crippen molar-refractivity contribution < 1.29 is 13.8 Å². The number of hydrogen-bond acceptors (Lipinski definition) is 4. The van der Waals surface area contributed by atoms with Crippen LogP contribution in [-0.2, 0) is 0 Å². The molecule has 3 rings (SSSR count). The molecule has 1 heterocycles. The predicted octanol–water partition coefficient (Wildman–Crippen LogP) is 3.13. The molecule has 0 aliphatic rings. The van der Waals surface area contributed by atoms with E-state index < -0.39 is 11.7 Å². The van der Waals surface area contributed by atoms with Crippen molar-refractivity contribution in [2.24, 2.45) is 0 Å². The predicted molar refractivity (Wildman–Crippen MR) is 74.1 cm³/mol. The van der Waals surface area contributed by atoms with E-state index in [4.69, 9.17) is 0 Å². The van der Waals surface area contributed by atoms with Crippen molar-refractivity contribution in [3.63, 3.8) is 0 Å². The van der Waals surface area contributed by atoms with Crippen molar-refractivity contribution in [3.05, 3.63) is 66.0 Å². The first kappa shape index (κ1) is 13.0. The molecule has 5 nitrogen and oxygen atoms in total. The molecule has 0 unspecified atom stereocenters. The first-order chi connectivity index (χ1) is 10.2. The van der Waals surface area contributed by atoms with Gasteiger partial charge in [-0.2, -0.15) is 0 Å². The first-order valence-electron chi connectivity index (χ1n) is 6.19. The minimum Gasteiger partial charge on any atom is -0.302 e. The number of anilines is 1. The molecule has 6 heteroatoms. The third kappa shape index (κ3) is 2.79. The molecular weight excluding hydrogens is 273 g/mol. The standard InChI is InChI=1S/C15H10FN3O2/c16-12-8-4-7-11(9-12)15(20)17-14-13(18-21-19-14)10-5-2-1-3-6-10/h1-9H,(H,17,19,20). The zero-order valence-corrected chi connectivity index (χ0v) is 10.8. The van der Waals surface area contributed by atoms with Gasteiger partial charge in [-0.25, -0.2) is 9.02 Å². The van der Waals surface area contributed by atoms with E-state index in [-0.39, 0.29) is 11.4 Å². The average Bonchev–Trinajstić information content (AvgIpc) is 2.96. The molecule has 0 aliphatic carbocycles. The molecule has 104 valence electrons. The average molecular weight is 283 g/mol. The highest BCUT2D eigenvalue weighted by Gasteiger charge is 2.16. The van der Waals surface area contributed by atoms with Gasteiger partial charge in [-0.05, 0) is 28.5 Å². The Morgan fingerprint density at radius 3 is 2.62 bits per heavy atom. The van der Waals surface area contributed by atoms with Crippen molar-refractivity contribution >= 4 is 11.7 Å². The summed E-state index contributed by atoms with van der Waals surface area (Å²) in [7, 11) is 0. The van der Waals surface area contributed by atoms with E-state index in [9.17, 15) is 9.18 Å². The highest BCUT2D eigenvalue weighted by Crippen LogP contribution is 2.24. The van der Waals surface area contributed by atoms with Gasteiger partial charge in [0.15, 0.2) is 5.69 Å². The second-order valence-electron chi connectivity index (χ2n) is 4.29.